The Labute approximate surface area is 430 Å². The second kappa shape index (κ2) is 24.3. The highest BCUT2D eigenvalue weighted by Crippen LogP contribution is 2.43. The van der Waals surface area contributed by atoms with E-state index in [0.717, 1.165) is 46.0 Å². The van der Waals surface area contributed by atoms with Crippen LogP contribution in [0, 0.1) is 11.6 Å². The number of nitrogens with two attached hydrogens (primary N) is 1. The molecule has 3 fully saturated rings. The summed E-state index contributed by atoms with van der Waals surface area (Å²) in [6.07, 6.45) is 1.86. The van der Waals surface area contributed by atoms with Crippen molar-refractivity contribution in [1.29, 1.82) is 0 Å². The summed E-state index contributed by atoms with van der Waals surface area (Å²) in [7, 11) is 0. The predicted molar refractivity (Wildman–Crippen MR) is 272 cm³/mol. The van der Waals surface area contributed by atoms with Gasteiger partial charge in [-0.1, -0.05) is 12.1 Å². The summed E-state index contributed by atoms with van der Waals surface area (Å²) in [4.78, 5) is 81.7. The number of piperidine rings is 1. The molecule has 396 valence electrons. The van der Waals surface area contributed by atoms with Crippen molar-refractivity contribution in [2.75, 3.05) is 114 Å². The van der Waals surface area contributed by atoms with Crippen molar-refractivity contribution in [2.24, 2.45) is 5.73 Å². The first-order chi connectivity index (χ1) is 36.4. The molecule has 5 aromatic rings. The highest BCUT2D eigenvalue weighted by atomic mass is 19.1. The highest BCUT2D eigenvalue weighted by Gasteiger charge is 2.45. The van der Waals surface area contributed by atoms with Crippen molar-refractivity contribution >= 4 is 63.4 Å². The molecular formula is C53H60F2N10O10. The molecule has 1 atom stereocenters. The van der Waals surface area contributed by atoms with Crippen LogP contribution in [-0.4, -0.2) is 166 Å². The first-order valence-electron chi connectivity index (χ1n) is 25.2. The van der Waals surface area contributed by atoms with Gasteiger partial charge in [0, 0.05) is 87.8 Å². The van der Waals surface area contributed by atoms with E-state index in [1.54, 1.807) is 18.2 Å². The second-order valence-corrected chi connectivity index (χ2v) is 18.7. The minimum Gasteiger partial charge on any atom is -0.382 e. The van der Waals surface area contributed by atoms with E-state index < -0.39 is 47.2 Å². The number of rotatable bonds is 23. The summed E-state index contributed by atoms with van der Waals surface area (Å²) in [6, 6.07) is 16.7. The van der Waals surface area contributed by atoms with Crippen molar-refractivity contribution in [3.05, 3.63) is 106 Å². The van der Waals surface area contributed by atoms with Crippen LogP contribution >= 0.6 is 0 Å². The maximum Gasteiger partial charge on any atom is 0.264 e. The van der Waals surface area contributed by atoms with Crippen LogP contribution in [-0.2, 0) is 39.8 Å². The molecule has 22 heteroatoms. The standard InChI is InChI=1S/C53H60F2N10O10/c54-34-27-33(28-35(55)30-34)26-32-4-6-40-39(29-32)49(62-61-40)47-42(7-5-38(50(56)68)48(47)59-36-10-18-72-19-11-36)64-16-14-63(15-17-64)31-45(67)58-13-21-74-23-25-75-24-22-73-20-12-57-41-3-1-2-37-46(41)53(71)65(52(37)70)43-8-9-44(66)60-51(43)69/h1-7,27-30,36,43,57,59H,8-26,31H2,(H2,56,68)(H,58,67)(H,61,62)(H,60,66,69). The lowest BCUT2D eigenvalue weighted by Crippen LogP contribution is -2.54. The number of aromatic nitrogens is 2. The number of nitrogens with one attached hydrogen (secondary N) is 5. The maximum atomic E-state index is 14.1. The largest absolute Gasteiger partial charge is 0.382 e. The smallest absolute Gasteiger partial charge is 0.264 e. The number of H-pyrrole nitrogens is 1. The van der Waals surface area contributed by atoms with Crippen LogP contribution in [0.3, 0.4) is 0 Å². The molecule has 0 saturated carbocycles. The van der Waals surface area contributed by atoms with E-state index in [2.05, 4.69) is 36.2 Å². The number of imide groups is 2. The number of fused-ring (bicyclic) bond motifs is 2. The molecule has 0 spiro atoms. The average Bonchev–Trinajstić information content (AvgIpc) is 3.92. The Morgan fingerprint density at radius 2 is 1.51 bits per heavy atom. The Morgan fingerprint density at radius 1 is 0.787 bits per heavy atom. The van der Waals surface area contributed by atoms with E-state index in [0.29, 0.717) is 126 Å². The van der Waals surface area contributed by atoms with Crippen LogP contribution in [0.1, 0.15) is 67.9 Å². The van der Waals surface area contributed by atoms with Crippen molar-refractivity contribution in [2.45, 2.75) is 44.2 Å². The number of aromatic amines is 1. The molecule has 6 amide bonds. The summed E-state index contributed by atoms with van der Waals surface area (Å²) >= 11 is 0. The number of primary amides is 1. The molecule has 75 heavy (non-hydrogen) atoms. The Kier molecular flexibility index (Phi) is 17.0. The number of benzene rings is 4. The lowest BCUT2D eigenvalue weighted by molar-refractivity contribution is -0.136. The molecule has 7 N–H and O–H groups in total. The molecule has 4 aliphatic heterocycles. The number of piperazine rings is 1. The van der Waals surface area contributed by atoms with Crippen LogP contribution in [0.15, 0.2) is 66.7 Å². The minimum absolute atomic E-state index is 0.0112. The number of hydrogen-bond acceptors (Lipinski definition) is 15. The summed E-state index contributed by atoms with van der Waals surface area (Å²) in [5.41, 5.74) is 11.9. The van der Waals surface area contributed by atoms with Gasteiger partial charge in [-0.05, 0) is 85.3 Å². The summed E-state index contributed by atoms with van der Waals surface area (Å²) in [5, 5.41) is 20.6. The zero-order chi connectivity index (χ0) is 52.4. The fraction of sp³-hybridized carbons (Fsp3) is 0.415. The number of halogens is 2. The second-order valence-electron chi connectivity index (χ2n) is 18.7. The van der Waals surface area contributed by atoms with Gasteiger partial charge in [-0.15, -0.1) is 0 Å². The Morgan fingerprint density at radius 3 is 2.23 bits per heavy atom. The zero-order valence-electron chi connectivity index (χ0n) is 41.4. The van der Waals surface area contributed by atoms with Gasteiger partial charge in [-0.3, -0.25) is 49.0 Å². The molecule has 4 aliphatic rings. The first kappa shape index (κ1) is 52.5. The third-order valence-electron chi connectivity index (χ3n) is 13.6. The van der Waals surface area contributed by atoms with Gasteiger partial charge in [0.25, 0.3) is 17.7 Å². The third-order valence-corrected chi connectivity index (χ3v) is 13.6. The molecule has 0 bridgehead atoms. The molecule has 0 aliphatic carbocycles. The lowest BCUT2D eigenvalue weighted by atomic mass is 9.95. The van der Waals surface area contributed by atoms with E-state index >= 15 is 0 Å². The zero-order valence-corrected chi connectivity index (χ0v) is 41.4. The summed E-state index contributed by atoms with van der Waals surface area (Å²) in [5.74, 6) is -4.28. The number of hydrogen-bond donors (Lipinski definition) is 6. The number of anilines is 3. The molecule has 4 aromatic carbocycles. The van der Waals surface area contributed by atoms with Gasteiger partial charge in [-0.2, -0.15) is 5.10 Å². The monoisotopic (exact) mass is 1030 g/mol. The molecule has 5 heterocycles. The number of carbonyl (C=O) groups excluding carboxylic acids is 6. The van der Waals surface area contributed by atoms with Crippen molar-refractivity contribution in [1.82, 2.24) is 30.6 Å². The van der Waals surface area contributed by atoms with Crippen LogP contribution < -0.4 is 31.9 Å². The van der Waals surface area contributed by atoms with Gasteiger partial charge >= 0.3 is 0 Å². The molecule has 9 rings (SSSR count). The normalized spacial score (nSPS) is 17.4. The SMILES string of the molecule is NC(=O)c1ccc(N2CCN(CC(=O)NCCOCCOCCOCCNc3cccc4c3C(=O)N(C3CCC(=O)NC3=O)C4=O)CC2)c(-c2n[nH]c3ccc(Cc4cc(F)cc(F)c4)cc23)c1NC1CCOCC1. The van der Waals surface area contributed by atoms with Crippen molar-refractivity contribution in [3.8, 4) is 11.3 Å². The number of amides is 6. The van der Waals surface area contributed by atoms with Gasteiger partial charge in [0.2, 0.25) is 17.7 Å². The third kappa shape index (κ3) is 12.6. The van der Waals surface area contributed by atoms with E-state index in [9.17, 15) is 37.5 Å². The quantitative estimate of drug-likeness (QED) is 0.0404. The molecule has 20 nitrogen and oxygen atoms in total. The average molecular weight is 1040 g/mol. The van der Waals surface area contributed by atoms with E-state index in [4.69, 9.17) is 29.8 Å². The summed E-state index contributed by atoms with van der Waals surface area (Å²) < 4.78 is 50.8. The Bertz CT molecular complexity index is 2920. The van der Waals surface area contributed by atoms with E-state index in [-0.39, 0.29) is 48.9 Å². The van der Waals surface area contributed by atoms with Gasteiger partial charge < -0.3 is 45.5 Å². The molecule has 1 aromatic heterocycles. The fourth-order valence-electron chi connectivity index (χ4n) is 9.94. The highest BCUT2D eigenvalue weighted by molar-refractivity contribution is 6.25. The number of carbonyl (C=O) groups is 6. The minimum atomic E-state index is -1.04. The molecule has 0 radical (unpaired) electrons. The Hall–Kier alpha value is -7.37. The van der Waals surface area contributed by atoms with Crippen LogP contribution in [0.2, 0.25) is 0 Å². The van der Waals surface area contributed by atoms with E-state index in [1.807, 2.05) is 24.3 Å². The lowest BCUT2D eigenvalue weighted by Gasteiger charge is -2.37. The van der Waals surface area contributed by atoms with Crippen LogP contribution in [0.4, 0.5) is 25.8 Å². The van der Waals surface area contributed by atoms with Gasteiger partial charge in [-0.25, -0.2) is 8.78 Å². The first-order valence-corrected chi connectivity index (χ1v) is 25.2. The van der Waals surface area contributed by atoms with Crippen LogP contribution in [0.5, 0.6) is 0 Å². The molecule has 1 unspecified atom stereocenters. The number of ether oxygens (including phenoxy) is 4. The molecule has 3 saturated heterocycles. The van der Waals surface area contributed by atoms with Gasteiger partial charge in [0.15, 0.2) is 0 Å². The maximum absolute atomic E-state index is 14.1. The van der Waals surface area contributed by atoms with Crippen molar-refractivity contribution in [3.63, 3.8) is 0 Å². The number of nitrogens with zero attached hydrogens (tertiary/aromatic N) is 4. The van der Waals surface area contributed by atoms with Crippen LogP contribution in [0.25, 0.3) is 22.2 Å². The van der Waals surface area contributed by atoms with Gasteiger partial charge in [0.1, 0.15) is 23.4 Å². The Balaban J connectivity index is 0.706. The summed E-state index contributed by atoms with van der Waals surface area (Å²) in [6.45, 7) is 6.20. The fourth-order valence-corrected chi connectivity index (χ4v) is 9.94. The molecular weight excluding hydrogens is 975 g/mol. The van der Waals surface area contributed by atoms with Crippen molar-refractivity contribution < 1.29 is 56.5 Å². The topological polar surface area (TPSA) is 252 Å². The predicted octanol–water partition coefficient (Wildman–Crippen LogP) is 3.59. The van der Waals surface area contributed by atoms with Gasteiger partial charge in [0.05, 0.1) is 79.6 Å². The van der Waals surface area contributed by atoms with E-state index in [1.165, 1.54) is 18.2 Å².